The average Bonchev–Trinajstić information content (AvgIpc) is 2.76. The Morgan fingerprint density at radius 1 is 1.40 bits per heavy atom. The molecule has 1 fully saturated rings. The van der Waals surface area contributed by atoms with Crippen LogP contribution in [0.2, 0.25) is 0 Å². The van der Waals surface area contributed by atoms with E-state index in [4.69, 9.17) is 10.5 Å². The maximum absolute atomic E-state index is 13.8. The zero-order valence-electron chi connectivity index (χ0n) is 11.0. The molecule has 0 saturated carbocycles. The van der Waals surface area contributed by atoms with Gasteiger partial charge in [-0.25, -0.2) is 17.2 Å². The lowest BCUT2D eigenvalue weighted by atomic mass is 10.1. The Kier molecular flexibility index (Phi) is 4.26. The highest BCUT2D eigenvalue weighted by atomic mass is 32.2. The molecule has 1 aliphatic rings. The summed E-state index contributed by atoms with van der Waals surface area (Å²) in [5.41, 5.74) is 5.13. The third kappa shape index (κ3) is 2.77. The molecule has 1 saturated heterocycles. The summed E-state index contributed by atoms with van der Waals surface area (Å²) in [6, 6.07) is 1.61. The second kappa shape index (κ2) is 5.63. The molecule has 1 atom stereocenters. The van der Waals surface area contributed by atoms with Crippen molar-refractivity contribution in [3.63, 3.8) is 0 Å². The summed E-state index contributed by atoms with van der Waals surface area (Å²) < 4.78 is 58.2. The smallest absolute Gasteiger partial charge is 0.248 e. The highest BCUT2D eigenvalue weighted by molar-refractivity contribution is 7.89. The van der Waals surface area contributed by atoms with Gasteiger partial charge in [0.25, 0.3) is 0 Å². The molecule has 2 N–H and O–H groups in total. The summed E-state index contributed by atoms with van der Waals surface area (Å²) in [7, 11) is -2.67. The van der Waals surface area contributed by atoms with Gasteiger partial charge in [0, 0.05) is 25.9 Å². The second-order valence-corrected chi connectivity index (χ2v) is 6.66. The SMILES string of the molecule is COCC1CCN(S(=O)(=O)c2c(F)cc(N)cc2F)C1. The Labute approximate surface area is 116 Å². The average molecular weight is 306 g/mol. The molecule has 112 valence electrons. The first-order chi connectivity index (χ1) is 9.36. The molecule has 8 heteroatoms. The van der Waals surface area contributed by atoms with Gasteiger partial charge in [-0.05, 0) is 24.5 Å². The molecule has 0 amide bonds. The van der Waals surface area contributed by atoms with Crippen LogP contribution in [-0.2, 0) is 14.8 Å². The minimum Gasteiger partial charge on any atom is -0.399 e. The van der Waals surface area contributed by atoms with Gasteiger partial charge in [-0.15, -0.1) is 0 Å². The number of halogens is 2. The first kappa shape index (κ1) is 15.1. The third-order valence-corrected chi connectivity index (χ3v) is 5.19. The monoisotopic (exact) mass is 306 g/mol. The second-order valence-electron chi connectivity index (χ2n) is 4.79. The minimum atomic E-state index is -4.20. The molecule has 5 nitrogen and oxygen atoms in total. The third-order valence-electron chi connectivity index (χ3n) is 3.27. The molecule has 1 unspecified atom stereocenters. The predicted molar refractivity (Wildman–Crippen MR) is 69.5 cm³/mol. The topological polar surface area (TPSA) is 72.6 Å². The van der Waals surface area contributed by atoms with Crippen molar-refractivity contribution >= 4 is 15.7 Å². The van der Waals surface area contributed by atoms with E-state index < -0.39 is 26.6 Å². The molecule has 20 heavy (non-hydrogen) atoms. The standard InChI is InChI=1S/C12H16F2N2O3S/c1-19-7-8-2-3-16(6-8)20(17,18)12-10(13)4-9(15)5-11(12)14/h4-5,8H,2-3,6-7,15H2,1H3. The molecule has 0 radical (unpaired) electrons. The van der Waals surface area contributed by atoms with E-state index in [1.807, 2.05) is 0 Å². The maximum atomic E-state index is 13.8. The fourth-order valence-electron chi connectivity index (χ4n) is 2.34. The number of rotatable bonds is 4. The Hall–Kier alpha value is -1.25. The molecule has 0 aliphatic carbocycles. The van der Waals surface area contributed by atoms with Crippen molar-refractivity contribution in [3.8, 4) is 0 Å². The van der Waals surface area contributed by atoms with Crippen LogP contribution < -0.4 is 5.73 Å². The van der Waals surface area contributed by atoms with Crippen molar-refractivity contribution < 1.29 is 21.9 Å². The Bertz CT molecular complexity index is 584. The summed E-state index contributed by atoms with van der Waals surface area (Å²) in [5.74, 6) is -2.30. The van der Waals surface area contributed by atoms with Crippen LogP contribution in [0.4, 0.5) is 14.5 Å². The summed E-state index contributed by atoms with van der Waals surface area (Å²) in [4.78, 5) is -0.940. The zero-order valence-corrected chi connectivity index (χ0v) is 11.8. The van der Waals surface area contributed by atoms with Gasteiger partial charge in [0.15, 0.2) is 4.90 Å². The number of anilines is 1. The molecular weight excluding hydrogens is 290 g/mol. The van der Waals surface area contributed by atoms with Crippen LogP contribution in [0.15, 0.2) is 17.0 Å². The van der Waals surface area contributed by atoms with Gasteiger partial charge in [-0.1, -0.05) is 0 Å². The van der Waals surface area contributed by atoms with Gasteiger partial charge >= 0.3 is 0 Å². The summed E-state index contributed by atoms with van der Waals surface area (Å²) in [5, 5.41) is 0. The van der Waals surface area contributed by atoms with Crippen molar-refractivity contribution in [3.05, 3.63) is 23.8 Å². The highest BCUT2D eigenvalue weighted by Gasteiger charge is 2.36. The largest absolute Gasteiger partial charge is 0.399 e. The lowest BCUT2D eigenvalue weighted by Crippen LogP contribution is -2.31. The van der Waals surface area contributed by atoms with E-state index in [9.17, 15) is 17.2 Å². The lowest BCUT2D eigenvalue weighted by Gasteiger charge is -2.17. The van der Waals surface area contributed by atoms with E-state index in [1.54, 1.807) is 0 Å². The molecule has 1 aromatic carbocycles. The highest BCUT2D eigenvalue weighted by Crippen LogP contribution is 2.29. The fraction of sp³-hybridized carbons (Fsp3) is 0.500. The quantitative estimate of drug-likeness (QED) is 0.849. The van der Waals surface area contributed by atoms with Crippen LogP contribution in [0.5, 0.6) is 0 Å². The van der Waals surface area contributed by atoms with Crippen molar-refractivity contribution in [2.75, 3.05) is 32.5 Å². The van der Waals surface area contributed by atoms with E-state index >= 15 is 0 Å². The molecule has 0 bridgehead atoms. The van der Waals surface area contributed by atoms with E-state index in [2.05, 4.69) is 0 Å². The van der Waals surface area contributed by atoms with Crippen LogP contribution in [0.1, 0.15) is 6.42 Å². The number of nitrogen functional groups attached to an aromatic ring is 1. The molecule has 0 spiro atoms. The van der Waals surface area contributed by atoms with E-state index in [1.165, 1.54) is 7.11 Å². The van der Waals surface area contributed by atoms with Crippen molar-refractivity contribution in [1.82, 2.24) is 4.31 Å². The predicted octanol–water partition coefficient (Wildman–Crippen LogP) is 1.20. The van der Waals surface area contributed by atoms with Crippen LogP contribution in [-0.4, -0.2) is 39.5 Å². The van der Waals surface area contributed by atoms with Crippen molar-refractivity contribution in [1.29, 1.82) is 0 Å². The van der Waals surface area contributed by atoms with E-state index in [-0.39, 0.29) is 24.7 Å². The first-order valence-corrected chi connectivity index (χ1v) is 7.54. The minimum absolute atomic E-state index is 0.0367. The van der Waals surface area contributed by atoms with E-state index in [0.29, 0.717) is 13.0 Å². The van der Waals surface area contributed by atoms with Crippen LogP contribution >= 0.6 is 0 Å². The summed E-state index contributed by atoms with van der Waals surface area (Å²) >= 11 is 0. The Morgan fingerprint density at radius 3 is 2.55 bits per heavy atom. The van der Waals surface area contributed by atoms with E-state index in [0.717, 1.165) is 16.4 Å². The summed E-state index contributed by atoms with van der Waals surface area (Å²) in [6.45, 7) is 0.831. The first-order valence-electron chi connectivity index (χ1n) is 6.10. The fourth-order valence-corrected chi connectivity index (χ4v) is 3.96. The number of nitrogens with zero attached hydrogens (tertiary/aromatic N) is 1. The molecule has 1 aromatic rings. The maximum Gasteiger partial charge on any atom is 0.248 e. The van der Waals surface area contributed by atoms with Crippen LogP contribution in [0.25, 0.3) is 0 Å². The molecule has 1 aliphatic heterocycles. The molecule has 0 aromatic heterocycles. The number of methoxy groups -OCH3 is 1. The number of hydrogen-bond donors (Lipinski definition) is 1. The molecular formula is C12H16F2N2O3S. The van der Waals surface area contributed by atoms with Gasteiger partial charge in [-0.3, -0.25) is 0 Å². The number of ether oxygens (including phenoxy) is 1. The van der Waals surface area contributed by atoms with Gasteiger partial charge in [-0.2, -0.15) is 4.31 Å². The Balaban J connectivity index is 2.33. The van der Waals surface area contributed by atoms with Gasteiger partial charge in [0.1, 0.15) is 11.6 Å². The van der Waals surface area contributed by atoms with Crippen molar-refractivity contribution in [2.24, 2.45) is 5.92 Å². The zero-order chi connectivity index (χ0) is 14.9. The normalized spacial score (nSPS) is 20.4. The van der Waals surface area contributed by atoms with Crippen LogP contribution in [0.3, 0.4) is 0 Å². The number of hydrogen-bond acceptors (Lipinski definition) is 4. The van der Waals surface area contributed by atoms with Gasteiger partial charge in [0.2, 0.25) is 10.0 Å². The van der Waals surface area contributed by atoms with Crippen LogP contribution in [0, 0.1) is 17.6 Å². The van der Waals surface area contributed by atoms with Gasteiger partial charge in [0.05, 0.1) is 6.61 Å². The Morgan fingerprint density at radius 2 is 2.00 bits per heavy atom. The number of sulfonamides is 1. The molecule has 1 heterocycles. The number of benzene rings is 1. The lowest BCUT2D eigenvalue weighted by molar-refractivity contribution is 0.157. The van der Waals surface area contributed by atoms with Gasteiger partial charge < -0.3 is 10.5 Å². The van der Waals surface area contributed by atoms with Crippen molar-refractivity contribution in [2.45, 2.75) is 11.3 Å². The molecule has 2 rings (SSSR count). The number of nitrogens with two attached hydrogens (primary N) is 1. The summed E-state index contributed by atoms with van der Waals surface area (Å²) in [6.07, 6.45) is 0.602.